The van der Waals surface area contributed by atoms with Crippen LogP contribution in [-0.2, 0) is 11.2 Å². The molecule has 0 atom stereocenters. The molecule has 20 heavy (non-hydrogen) atoms. The Morgan fingerprint density at radius 2 is 1.70 bits per heavy atom. The quantitative estimate of drug-likeness (QED) is 0.558. The molecule has 0 radical (unpaired) electrons. The maximum absolute atomic E-state index is 11.9. The SMILES string of the molecule is O=C(COCCCc1ccccc1)c1ccccc1Br. The van der Waals surface area contributed by atoms with Crippen LogP contribution in [0.25, 0.3) is 0 Å². The Balaban J connectivity index is 1.69. The predicted molar refractivity (Wildman–Crippen MR) is 84.1 cm³/mol. The molecule has 104 valence electrons. The number of hydrogen-bond acceptors (Lipinski definition) is 2. The maximum Gasteiger partial charge on any atom is 0.189 e. The van der Waals surface area contributed by atoms with E-state index >= 15 is 0 Å². The smallest absolute Gasteiger partial charge is 0.189 e. The monoisotopic (exact) mass is 332 g/mol. The molecule has 0 bridgehead atoms. The van der Waals surface area contributed by atoms with Crippen molar-refractivity contribution < 1.29 is 9.53 Å². The van der Waals surface area contributed by atoms with Crippen LogP contribution in [0, 0.1) is 0 Å². The molecule has 0 unspecified atom stereocenters. The first-order valence-electron chi connectivity index (χ1n) is 6.67. The van der Waals surface area contributed by atoms with E-state index in [0.29, 0.717) is 12.2 Å². The molecule has 0 aliphatic heterocycles. The van der Waals surface area contributed by atoms with Gasteiger partial charge in [-0.3, -0.25) is 4.79 Å². The van der Waals surface area contributed by atoms with Gasteiger partial charge in [0.1, 0.15) is 6.61 Å². The topological polar surface area (TPSA) is 26.3 Å². The highest BCUT2D eigenvalue weighted by atomic mass is 79.9. The molecule has 0 aliphatic carbocycles. The molecule has 0 heterocycles. The highest BCUT2D eigenvalue weighted by molar-refractivity contribution is 9.10. The largest absolute Gasteiger partial charge is 0.373 e. The third kappa shape index (κ3) is 4.58. The molecule has 2 aromatic carbocycles. The van der Waals surface area contributed by atoms with Crippen molar-refractivity contribution in [1.82, 2.24) is 0 Å². The van der Waals surface area contributed by atoms with Gasteiger partial charge in [0.25, 0.3) is 0 Å². The highest BCUT2D eigenvalue weighted by Crippen LogP contribution is 2.16. The molecule has 0 fully saturated rings. The number of rotatable bonds is 7. The molecule has 0 saturated carbocycles. The second-order valence-corrected chi connectivity index (χ2v) is 5.40. The second kappa shape index (κ2) is 7.98. The van der Waals surface area contributed by atoms with Gasteiger partial charge >= 0.3 is 0 Å². The summed E-state index contributed by atoms with van der Waals surface area (Å²) in [6.07, 6.45) is 1.90. The molecule has 0 aliphatic rings. The van der Waals surface area contributed by atoms with Crippen LogP contribution in [0.1, 0.15) is 22.3 Å². The van der Waals surface area contributed by atoms with E-state index in [1.165, 1.54) is 5.56 Å². The summed E-state index contributed by atoms with van der Waals surface area (Å²) in [5, 5.41) is 0. The van der Waals surface area contributed by atoms with Gasteiger partial charge in [0.05, 0.1) is 0 Å². The Bertz CT molecular complexity index is 552. The first-order valence-corrected chi connectivity index (χ1v) is 7.46. The fraction of sp³-hybridized carbons (Fsp3) is 0.235. The normalized spacial score (nSPS) is 10.4. The molecular weight excluding hydrogens is 316 g/mol. The standard InChI is InChI=1S/C17H17BrO2/c18-16-11-5-4-10-15(16)17(19)13-20-12-6-9-14-7-2-1-3-8-14/h1-5,7-8,10-11H,6,9,12-13H2. The van der Waals surface area contributed by atoms with Gasteiger partial charge in [0.2, 0.25) is 0 Å². The Labute approximate surface area is 127 Å². The van der Waals surface area contributed by atoms with Crippen molar-refractivity contribution in [2.45, 2.75) is 12.8 Å². The average Bonchev–Trinajstić information content (AvgIpc) is 2.48. The fourth-order valence-electron chi connectivity index (χ4n) is 1.95. The van der Waals surface area contributed by atoms with E-state index in [0.717, 1.165) is 17.3 Å². The van der Waals surface area contributed by atoms with Crippen LogP contribution in [0.2, 0.25) is 0 Å². The molecule has 0 aromatic heterocycles. The number of ether oxygens (including phenoxy) is 1. The molecule has 2 rings (SSSR count). The van der Waals surface area contributed by atoms with Crippen LogP contribution in [-0.4, -0.2) is 19.0 Å². The van der Waals surface area contributed by atoms with E-state index in [9.17, 15) is 4.79 Å². The van der Waals surface area contributed by atoms with E-state index in [1.807, 2.05) is 36.4 Å². The van der Waals surface area contributed by atoms with E-state index in [4.69, 9.17) is 4.74 Å². The first kappa shape index (κ1) is 14.9. The van der Waals surface area contributed by atoms with Crippen LogP contribution >= 0.6 is 15.9 Å². The number of carbonyl (C=O) groups excluding carboxylic acids is 1. The van der Waals surface area contributed by atoms with Gasteiger partial charge in [-0.05, 0) is 24.5 Å². The lowest BCUT2D eigenvalue weighted by atomic mass is 10.1. The van der Waals surface area contributed by atoms with Crippen LogP contribution in [0.3, 0.4) is 0 Å². The van der Waals surface area contributed by atoms with Crippen molar-refractivity contribution in [2.24, 2.45) is 0 Å². The first-order chi connectivity index (χ1) is 9.77. The minimum atomic E-state index is 0.0113. The lowest BCUT2D eigenvalue weighted by Gasteiger charge is -2.05. The Hall–Kier alpha value is -1.45. The minimum Gasteiger partial charge on any atom is -0.373 e. The summed E-state index contributed by atoms with van der Waals surface area (Å²) in [4.78, 5) is 11.9. The summed E-state index contributed by atoms with van der Waals surface area (Å²) < 4.78 is 6.27. The summed E-state index contributed by atoms with van der Waals surface area (Å²) in [6.45, 7) is 0.739. The number of ketones is 1. The Kier molecular flexibility index (Phi) is 5.96. The zero-order valence-corrected chi connectivity index (χ0v) is 12.8. The zero-order chi connectivity index (χ0) is 14.2. The van der Waals surface area contributed by atoms with Crippen molar-refractivity contribution in [3.05, 3.63) is 70.2 Å². The molecule has 0 saturated heterocycles. The third-order valence-corrected chi connectivity index (χ3v) is 3.70. The molecule has 3 heteroatoms. The van der Waals surface area contributed by atoms with Crippen molar-refractivity contribution in [2.75, 3.05) is 13.2 Å². The summed E-state index contributed by atoms with van der Waals surface area (Å²) in [5.41, 5.74) is 1.98. The Morgan fingerprint density at radius 1 is 1.00 bits per heavy atom. The summed E-state index contributed by atoms with van der Waals surface area (Å²) in [6, 6.07) is 17.7. The van der Waals surface area contributed by atoms with Crippen molar-refractivity contribution in [3.8, 4) is 0 Å². The second-order valence-electron chi connectivity index (χ2n) is 4.54. The number of carbonyl (C=O) groups is 1. The third-order valence-electron chi connectivity index (χ3n) is 3.00. The number of hydrogen-bond donors (Lipinski definition) is 0. The minimum absolute atomic E-state index is 0.0113. The van der Waals surface area contributed by atoms with Gasteiger partial charge in [-0.25, -0.2) is 0 Å². The lowest BCUT2D eigenvalue weighted by molar-refractivity contribution is 0.0755. The van der Waals surface area contributed by atoms with Crippen LogP contribution in [0.4, 0.5) is 0 Å². The summed E-state index contributed by atoms with van der Waals surface area (Å²) in [7, 11) is 0. The van der Waals surface area contributed by atoms with Crippen LogP contribution in [0.5, 0.6) is 0 Å². The van der Waals surface area contributed by atoms with Gasteiger partial charge in [-0.2, -0.15) is 0 Å². The lowest BCUT2D eigenvalue weighted by Crippen LogP contribution is -2.10. The Morgan fingerprint density at radius 3 is 2.45 bits per heavy atom. The van der Waals surface area contributed by atoms with Gasteiger partial charge in [0.15, 0.2) is 5.78 Å². The highest BCUT2D eigenvalue weighted by Gasteiger charge is 2.08. The van der Waals surface area contributed by atoms with Crippen molar-refractivity contribution in [3.63, 3.8) is 0 Å². The summed E-state index contributed by atoms with van der Waals surface area (Å²) in [5.74, 6) is 0.0113. The summed E-state index contributed by atoms with van der Waals surface area (Å²) >= 11 is 3.37. The van der Waals surface area contributed by atoms with E-state index in [-0.39, 0.29) is 12.4 Å². The van der Waals surface area contributed by atoms with Gasteiger partial charge in [-0.15, -0.1) is 0 Å². The van der Waals surface area contributed by atoms with E-state index in [1.54, 1.807) is 6.07 Å². The molecule has 2 nitrogen and oxygen atoms in total. The van der Waals surface area contributed by atoms with Gasteiger partial charge in [0, 0.05) is 16.6 Å². The van der Waals surface area contributed by atoms with Crippen LogP contribution < -0.4 is 0 Å². The molecule has 0 N–H and O–H groups in total. The van der Waals surface area contributed by atoms with E-state index in [2.05, 4.69) is 28.1 Å². The predicted octanol–water partition coefficient (Wildman–Crippen LogP) is 4.28. The van der Waals surface area contributed by atoms with Crippen LogP contribution in [0.15, 0.2) is 59.1 Å². The average molecular weight is 333 g/mol. The molecule has 2 aromatic rings. The van der Waals surface area contributed by atoms with Gasteiger partial charge < -0.3 is 4.74 Å². The zero-order valence-electron chi connectivity index (χ0n) is 11.2. The number of benzene rings is 2. The number of aryl methyl sites for hydroxylation is 1. The molecule has 0 amide bonds. The molecule has 0 spiro atoms. The van der Waals surface area contributed by atoms with Crippen molar-refractivity contribution >= 4 is 21.7 Å². The number of Topliss-reactive ketones (excluding diaryl/α,β-unsaturated/α-hetero) is 1. The van der Waals surface area contributed by atoms with Crippen molar-refractivity contribution in [1.29, 1.82) is 0 Å². The van der Waals surface area contributed by atoms with E-state index < -0.39 is 0 Å². The molecular formula is C17H17BrO2. The fourth-order valence-corrected chi connectivity index (χ4v) is 2.46. The number of halogens is 1. The van der Waals surface area contributed by atoms with Gasteiger partial charge in [-0.1, -0.05) is 64.5 Å². The maximum atomic E-state index is 11.9.